The number of ether oxygens (including phenoxy) is 1. The van der Waals surface area contributed by atoms with E-state index in [1.165, 1.54) is 23.9 Å². The van der Waals surface area contributed by atoms with Gasteiger partial charge in [0.05, 0.1) is 22.1 Å². The molecule has 1 aromatic heterocycles. The fraction of sp³-hybridized carbons (Fsp3) is 0.0909. The molecule has 0 radical (unpaired) electrons. The van der Waals surface area contributed by atoms with Crippen LogP contribution in [0.15, 0.2) is 34.0 Å². The minimum Gasteiger partial charge on any atom is -0.493 e. The van der Waals surface area contributed by atoms with E-state index in [0.717, 1.165) is 3.57 Å². The Bertz CT molecular complexity index is 682. The second kappa shape index (κ2) is 4.84. The van der Waals surface area contributed by atoms with Gasteiger partial charge in [-0.15, -0.1) is 0 Å². The molecule has 0 saturated carbocycles. The Labute approximate surface area is 116 Å². The normalized spacial score (nSPS) is 10.3. The Hall–Kier alpha value is -1.77. The Morgan fingerprint density at radius 2 is 2.11 bits per heavy atom. The van der Waals surface area contributed by atoms with Gasteiger partial charge in [0.1, 0.15) is 0 Å². The summed E-state index contributed by atoms with van der Waals surface area (Å²) in [6.07, 6.45) is 1.40. The number of benzene rings is 1. The summed E-state index contributed by atoms with van der Waals surface area (Å²) >= 11 is 2.06. The number of anilines is 1. The van der Waals surface area contributed by atoms with Gasteiger partial charge >= 0.3 is 5.69 Å². The highest BCUT2D eigenvalue weighted by atomic mass is 127. The van der Waals surface area contributed by atoms with E-state index in [1.54, 1.807) is 12.1 Å². The van der Waals surface area contributed by atoms with Crippen molar-refractivity contribution in [1.29, 1.82) is 0 Å². The van der Waals surface area contributed by atoms with Crippen LogP contribution in [0.1, 0.15) is 0 Å². The first-order valence-corrected chi connectivity index (χ1v) is 6.06. The molecule has 0 aliphatic carbocycles. The molecule has 1 heterocycles. The van der Waals surface area contributed by atoms with Gasteiger partial charge in [0.15, 0.2) is 5.75 Å². The third kappa shape index (κ3) is 2.26. The number of hydrogen-bond donors (Lipinski definition) is 2. The van der Waals surface area contributed by atoms with Crippen molar-refractivity contribution in [3.63, 3.8) is 0 Å². The van der Waals surface area contributed by atoms with Crippen molar-refractivity contribution in [2.75, 3.05) is 12.8 Å². The number of nitrogens with one attached hydrogen (secondary N) is 1. The number of aromatic nitrogens is 2. The van der Waals surface area contributed by atoms with Crippen molar-refractivity contribution in [3.8, 4) is 11.4 Å². The summed E-state index contributed by atoms with van der Waals surface area (Å²) < 4.78 is 7.22. The highest BCUT2D eigenvalue weighted by molar-refractivity contribution is 14.1. The number of methoxy groups -OCH3 is 1. The van der Waals surface area contributed by atoms with Crippen molar-refractivity contribution in [2.24, 2.45) is 0 Å². The summed E-state index contributed by atoms with van der Waals surface area (Å²) in [5.41, 5.74) is 5.88. The molecule has 0 aliphatic rings. The number of nitrogens with two attached hydrogens (primary N) is 1. The number of nitrogen functional groups attached to an aromatic ring is 1. The van der Waals surface area contributed by atoms with Gasteiger partial charge in [0.2, 0.25) is 0 Å². The maximum Gasteiger partial charge on any atom is 0.332 e. The summed E-state index contributed by atoms with van der Waals surface area (Å²) in [6, 6.07) is 4.63. The minimum absolute atomic E-state index is 0.428. The fourth-order valence-electron chi connectivity index (χ4n) is 1.57. The molecule has 94 valence electrons. The maximum absolute atomic E-state index is 11.7. The Morgan fingerprint density at radius 3 is 2.67 bits per heavy atom. The molecule has 0 amide bonds. The van der Waals surface area contributed by atoms with Gasteiger partial charge in [-0.3, -0.25) is 14.3 Å². The molecule has 0 saturated heterocycles. The first-order valence-electron chi connectivity index (χ1n) is 4.98. The Balaban J connectivity index is 2.65. The molecule has 7 heteroatoms. The van der Waals surface area contributed by atoms with Gasteiger partial charge < -0.3 is 10.5 Å². The first-order chi connectivity index (χ1) is 8.52. The van der Waals surface area contributed by atoms with Gasteiger partial charge in [-0.05, 0) is 34.7 Å². The van der Waals surface area contributed by atoms with Crippen LogP contribution in [0.2, 0.25) is 0 Å². The van der Waals surface area contributed by atoms with Crippen molar-refractivity contribution >= 4 is 28.3 Å². The van der Waals surface area contributed by atoms with E-state index >= 15 is 0 Å². The molecule has 3 N–H and O–H groups in total. The number of halogens is 1. The van der Waals surface area contributed by atoms with Crippen LogP contribution in [-0.2, 0) is 0 Å². The number of nitrogens with zero attached hydrogens (tertiary/aromatic N) is 1. The minimum atomic E-state index is -0.511. The summed E-state index contributed by atoms with van der Waals surface area (Å²) in [5, 5.41) is 0. The lowest BCUT2D eigenvalue weighted by Gasteiger charge is -2.11. The van der Waals surface area contributed by atoms with Crippen LogP contribution in [0.5, 0.6) is 5.75 Å². The monoisotopic (exact) mass is 359 g/mol. The summed E-state index contributed by atoms with van der Waals surface area (Å²) in [5.74, 6) is 0.567. The highest BCUT2D eigenvalue weighted by Gasteiger charge is 2.09. The smallest absolute Gasteiger partial charge is 0.332 e. The lowest BCUT2D eigenvalue weighted by atomic mass is 10.2. The van der Waals surface area contributed by atoms with Crippen molar-refractivity contribution in [1.82, 2.24) is 9.55 Å². The number of rotatable bonds is 2. The third-order valence-corrected chi connectivity index (χ3v) is 3.16. The largest absolute Gasteiger partial charge is 0.493 e. The second-order valence-electron chi connectivity index (χ2n) is 3.53. The molecule has 0 bridgehead atoms. The molecule has 0 spiro atoms. The zero-order valence-corrected chi connectivity index (χ0v) is 11.6. The molecule has 0 atom stereocenters. The van der Waals surface area contributed by atoms with Crippen LogP contribution >= 0.6 is 22.6 Å². The van der Waals surface area contributed by atoms with E-state index in [2.05, 4.69) is 27.6 Å². The molecule has 0 unspecified atom stereocenters. The molecular formula is C11H10IN3O3. The van der Waals surface area contributed by atoms with Gasteiger partial charge in [-0.2, -0.15) is 0 Å². The maximum atomic E-state index is 11.7. The molecule has 0 fully saturated rings. The van der Waals surface area contributed by atoms with E-state index < -0.39 is 11.2 Å². The van der Waals surface area contributed by atoms with E-state index in [-0.39, 0.29) is 0 Å². The van der Waals surface area contributed by atoms with Gasteiger partial charge in [0, 0.05) is 12.3 Å². The van der Waals surface area contributed by atoms with Crippen molar-refractivity contribution in [2.45, 2.75) is 0 Å². The molecule has 2 aromatic rings. The SMILES string of the molecule is COc1c(N)cc(-n2ccc(=O)[nH]c2=O)cc1I. The van der Waals surface area contributed by atoms with E-state index in [9.17, 15) is 9.59 Å². The Kier molecular flexibility index (Phi) is 3.41. The van der Waals surface area contributed by atoms with E-state index in [0.29, 0.717) is 17.1 Å². The van der Waals surface area contributed by atoms with Crippen LogP contribution in [-0.4, -0.2) is 16.7 Å². The van der Waals surface area contributed by atoms with Crippen LogP contribution in [0, 0.1) is 3.57 Å². The lowest BCUT2D eigenvalue weighted by molar-refractivity contribution is 0.414. The predicted molar refractivity (Wildman–Crippen MR) is 76.3 cm³/mol. The van der Waals surface area contributed by atoms with Gasteiger partial charge in [-0.25, -0.2) is 4.79 Å². The number of hydrogen-bond acceptors (Lipinski definition) is 4. The molecule has 2 rings (SSSR count). The Morgan fingerprint density at radius 1 is 1.39 bits per heavy atom. The third-order valence-electron chi connectivity index (χ3n) is 2.36. The molecule has 0 aliphatic heterocycles. The molecule has 1 aromatic carbocycles. The average Bonchev–Trinajstić information content (AvgIpc) is 2.28. The zero-order valence-electron chi connectivity index (χ0n) is 9.44. The van der Waals surface area contributed by atoms with Crippen molar-refractivity contribution in [3.05, 3.63) is 48.8 Å². The van der Waals surface area contributed by atoms with Crippen molar-refractivity contribution < 1.29 is 4.74 Å². The summed E-state index contributed by atoms with van der Waals surface area (Å²) in [7, 11) is 1.53. The van der Waals surface area contributed by atoms with Crippen LogP contribution in [0.4, 0.5) is 5.69 Å². The molecule has 6 nitrogen and oxygen atoms in total. The van der Waals surface area contributed by atoms with Crippen LogP contribution in [0.25, 0.3) is 5.69 Å². The van der Waals surface area contributed by atoms with E-state index in [4.69, 9.17) is 10.5 Å². The van der Waals surface area contributed by atoms with Crippen LogP contribution in [0.3, 0.4) is 0 Å². The molecule has 18 heavy (non-hydrogen) atoms. The van der Waals surface area contributed by atoms with Gasteiger partial charge in [-0.1, -0.05) is 0 Å². The number of aromatic amines is 1. The van der Waals surface area contributed by atoms with Gasteiger partial charge in [0.25, 0.3) is 5.56 Å². The van der Waals surface area contributed by atoms with Crippen LogP contribution < -0.4 is 21.7 Å². The predicted octanol–water partition coefficient (Wildman–Crippen LogP) is 0.721. The second-order valence-corrected chi connectivity index (χ2v) is 4.69. The standard InChI is InChI=1S/C11H10IN3O3/c1-18-10-7(12)4-6(5-8(10)13)15-3-2-9(16)14-11(15)17/h2-5H,13H2,1H3,(H,14,16,17). The first kappa shape index (κ1) is 12.7. The lowest BCUT2D eigenvalue weighted by Crippen LogP contribution is -2.27. The van der Waals surface area contributed by atoms with E-state index in [1.807, 2.05) is 0 Å². The fourth-order valence-corrected chi connectivity index (χ4v) is 2.43. The quantitative estimate of drug-likeness (QED) is 0.611. The topological polar surface area (TPSA) is 90.1 Å². The summed E-state index contributed by atoms with van der Waals surface area (Å²) in [6.45, 7) is 0. The zero-order chi connectivity index (χ0) is 13.3. The highest BCUT2D eigenvalue weighted by Crippen LogP contribution is 2.30. The average molecular weight is 359 g/mol. The molecular weight excluding hydrogens is 349 g/mol. The summed E-state index contributed by atoms with van der Waals surface area (Å²) in [4.78, 5) is 24.8. The number of H-pyrrole nitrogens is 1.